The molecule has 0 N–H and O–H groups in total. The monoisotopic (exact) mass is 364 g/mol. The molecule has 2 fully saturated rings. The minimum absolute atomic E-state index is 0.0486. The number of carbonyl (C=O) groups excluding carboxylic acids is 2. The summed E-state index contributed by atoms with van der Waals surface area (Å²) >= 11 is 0. The zero-order valence-electron chi connectivity index (χ0n) is 14.5. The molecule has 2 heterocycles. The Bertz CT molecular complexity index is 758. The van der Waals surface area contributed by atoms with Crippen LogP contribution in [0, 0.1) is 0 Å². The molecule has 0 bridgehead atoms. The molecular formula is C18H24N2O4S. The molecule has 3 rings (SSSR count). The number of amides is 2. The van der Waals surface area contributed by atoms with E-state index in [0.29, 0.717) is 31.5 Å². The van der Waals surface area contributed by atoms with Crippen molar-refractivity contribution >= 4 is 27.3 Å². The Morgan fingerprint density at radius 2 is 1.96 bits per heavy atom. The lowest BCUT2D eigenvalue weighted by Crippen LogP contribution is -2.41. The van der Waals surface area contributed by atoms with E-state index in [-0.39, 0.29) is 29.4 Å². The van der Waals surface area contributed by atoms with Gasteiger partial charge in [0.25, 0.3) is 5.91 Å². The van der Waals surface area contributed by atoms with E-state index in [0.717, 1.165) is 18.5 Å². The van der Waals surface area contributed by atoms with Crippen LogP contribution in [0.5, 0.6) is 0 Å². The van der Waals surface area contributed by atoms with Gasteiger partial charge in [0.05, 0.1) is 11.5 Å². The number of carbonyl (C=O) groups is 2. The molecule has 25 heavy (non-hydrogen) atoms. The predicted molar refractivity (Wildman–Crippen MR) is 96.4 cm³/mol. The van der Waals surface area contributed by atoms with E-state index in [1.165, 1.54) is 0 Å². The first-order valence-electron chi connectivity index (χ1n) is 8.83. The highest BCUT2D eigenvalue weighted by atomic mass is 32.2. The van der Waals surface area contributed by atoms with Crippen LogP contribution in [0.25, 0.3) is 0 Å². The molecule has 2 aliphatic rings. The SMILES string of the molecule is CCN(C(=O)c1ccc(N2CCCCC2=O)cc1)C1CCS(=O)(=O)C1. The van der Waals surface area contributed by atoms with E-state index in [4.69, 9.17) is 0 Å². The van der Waals surface area contributed by atoms with Gasteiger partial charge in [-0.15, -0.1) is 0 Å². The minimum Gasteiger partial charge on any atom is -0.335 e. The van der Waals surface area contributed by atoms with Crippen molar-refractivity contribution in [2.75, 3.05) is 29.5 Å². The maximum absolute atomic E-state index is 12.8. The molecular weight excluding hydrogens is 340 g/mol. The highest BCUT2D eigenvalue weighted by Gasteiger charge is 2.34. The molecule has 1 unspecified atom stereocenters. The maximum Gasteiger partial charge on any atom is 0.254 e. The highest BCUT2D eigenvalue weighted by Crippen LogP contribution is 2.23. The third-order valence-corrected chi connectivity index (χ3v) is 6.75. The van der Waals surface area contributed by atoms with Gasteiger partial charge in [-0.25, -0.2) is 8.42 Å². The van der Waals surface area contributed by atoms with Crippen molar-refractivity contribution in [1.82, 2.24) is 4.90 Å². The summed E-state index contributed by atoms with van der Waals surface area (Å²) in [5.41, 5.74) is 1.34. The number of piperidine rings is 1. The van der Waals surface area contributed by atoms with Crippen molar-refractivity contribution in [3.63, 3.8) is 0 Å². The smallest absolute Gasteiger partial charge is 0.254 e. The van der Waals surface area contributed by atoms with Crippen molar-refractivity contribution in [1.29, 1.82) is 0 Å². The van der Waals surface area contributed by atoms with E-state index in [1.807, 2.05) is 6.92 Å². The first-order valence-corrected chi connectivity index (χ1v) is 10.7. The quantitative estimate of drug-likeness (QED) is 0.817. The Labute approximate surface area is 148 Å². The van der Waals surface area contributed by atoms with Gasteiger partial charge in [0.15, 0.2) is 9.84 Å². The summed E-state index contributed by atoms with van der Waals surface area (Å²) in [4.78, 5) is 28.2. The Morgan fingerprint density at radius 1 is 1.24 bits per heavy atom. The summed E-state index contributed by atoms with van der Waals surface area (Å²) in [5.74, 6) is 0.169. The van der Waals surface area contributed by atoms with Crippen LogP contribution in [0.4, 0.5) is 5.69 Å². The standard InChI is InChI=1S/C18H24N2O4S/c1-2-19(16-10-12-25(23,24)13-16)18(22)14-6-8-15(9-7-14)20-11-4-3-5-17(20)21/h6-9,16H,2-5,10-13H2,1H3. The van der Waals surface area contributed by atoms with Gasteiger partial charge >= 0.3 is 0 Å². The van der Waals surface area contributed by atoms with Gasteiger partial charge in [0.1, 0.15) is 0 Å². The maximum atomic E-state index is 12.8. The van der Waals surface area contributed by atoms with Gasteiger partial charge in [-0.2, -0.15) is 0 Å². The number of hydrogen-bond donors (Lipinski definition) is 0. The molecule has 1 atom stereocenters. The van der Waals surface area contributed by atoms with Crippen molar-refractivity contribution < 1.29 is 18.0 Å². The summed E-state index contributed by atoms with van der Waals surface area (Å²) in [6.07, 6.45) is 3.00. The third kappa shape index (κ3) is 3.86. The zero-order valence-corrected chi connectivity index (χ0v) is 15.3. The zero-order chi connectivity index (χ0) is 18.0. The fraction of sp³-hybridized carbons (Fsp3) is 0.556. The van der Waals surface area contributed by atoms with Crippen LogP contribution < -0.4 is 4.90 Å². The van der Waals surface area contributed by atoms with Crippen LogP contribution >= 0.6 is 0 Å². The van der Waals surface area contributed by atoms with Crippen molar-refractivity contribution in [3.05, 3.63) is 29.8 Å². The van der Waals surface area contributed by atoms with Gasteiger partial charge in [-0.05, 0) is 50.5 Å². The number of sulfone groups is 1. The van der Waals surface area contributed by atoms with E-state index in [1.54, 1.807) is 34.1 Å². The molecule has 136 valence electrons. The molecule has 0 saturated carbocycles. The molecule has 7 heteroatoms. The molecule has 0 aromatic heterocycles. The Morgan fingerprint density at radius 3 is 2.52 bits per heavy atom. The second kappa shape index (κ2) is 7.15. The molecule has 1 aromatic rings. The summed E-state index contributed by atoms with van der Waals surface area (Å²) < 4.78 is 23.4. The fourth-order valence-corrected chi connectivity index (χ4v) is 5.35. The van der Waals surface area contributed by atoms with Gasteiger partial charge < -0.3 is 9.80 Å². The summed E-state index contributed by atoms with van der Waals surface area (Å²) in [6, 6.07) is 6.81. The van der Waals surface area contributed by atoms with Gasteiger partial charge in [0, 0.05) is 36.8 Å². The van der Waals surface area contributed by atoms with Crippen LogP contribution in [0.2, 0.25) is 0 Å². The number of rotatable bonds is 4. The average molecular weight is 364 g/mol. The van der Waals surface area contributed by atoms with Crippen molar-refractivity contribution in [3.8, 4) is 0 Å². The molecule has 6 nitrogen and oxygen atoms in total. The minimum atomic E-state index is -3.03. The number of benzene rings is 1. The number of anilines is 1. The van der Waals surface area contributed by atoms with Crippen molar-refractivity contribution in [2.24, 2.45) is 0 Å². The Hall–Kier alpha value is -1.89. The van der Waals surface area contributed by atoms with Gasteiger partial charge in [0.2, 0.25) is 5.91 Å². The largest absolute Gasteiger partial charge is 0.335 e. The van der Waals surface area contributed by atoms with Crippen LogP contribution in [0.3, 0.4) is 0 Å². The molecule has 2 aliphatic heterocycles. The molecule has 0 aliphatic carbocycles. The normalized spacial score (nSPS) is 22.8. The van der Waals surface area contributed by atoms with E-state index in [2.05, 4.69) is 0 Å². The predicted octanol–water partition coefficient (Wildman–Crippen LogP) is 1.85. The van der Waals surface area contributed by atoms with Crippen LogP contribution in [0.1, 0.15) is 43.0 Å². The second-order valence-corrected chi connectivity index (χ2v) is 8.93. The van der Waals surface area contributed by atoms with Gasteiger partial charge in [-0.1, -0.05) is 0 Å². The molecule has 0 radical (unpaired) electrons. The Balaban J connectivity index is 1.74. The fourth-order valence-electron chi connectivity index (χ4n) is 3.62. The topological polar surface area (TPSA) is 74.8 Å². The van der Waals surface area contributed by atoms with E-state index in [9.17, 15) is 18.0 Å². The Kier molecular flexibility index (Phi) is 5.13. The molecule has 2 saturated heterocycles. The lowest BCUT2D eigenvalue weighted by molar-refractivity contribution is -0.119. The first-order chi connectivity index (χ1) is 11.9. The lowest BCUT2D eigenvalue weighted by Gasteiger charge is -2.28. The first kappa shape index (κ1) is 17.9. The number of hydrogen-bond acceptors (Lipinski definition) is 4. The third-order valence-electron chi connectivity index (χ3n) is 5.00. The summed E-state index contributed by atoms with van der Waals surface area (Å²) in [6.45, 7) is 3.06. The van der Waals surface area contributed by atoms with Crippen LogP contribution in [-0.4, -0.2) is 55.8 Å². The number of nitrogens with zero attached hydrogens (tertiary/aromatic N) is 2. The van der Waals surface area contributed by atoms with Crippen molar-refractivity contribution in [2.45, 2.75) is 38.6 Å². The second-order valence-electron chi connectivity index (χ2n) is 6.70. The molecule has 1 aromatic carbocycles. The van der Waals surface area contributed by atoms with E-state index >= 15 is 0 Å². The van der Waals surface area contributed by atoms with Gasteiger partial charge in [-0.3, -0.25) is 9.59 Å². The average Bonchev–Trinajstić information content (AvgIpc) is 2.96. The van der Waals surface area contributed by atoms with Crippen LogP contribution in [0.15, 0.2) is 24.3 Å². The summed E-state index contributed by atoms with van der Waals surface area (Å²) in [7, 11) is -3.03. The molecule has 0 spiro atoms. The molecule has 2 amide bonds. The van der Waals surface area contributed by atoms with E-state index < -0.39 is 9.84 Å². The lowest BCUT2D eigenvalue weighted by atomic mass is 10.1. The highest BCUT2D eigenvalue weighted by molar-refractivity contribution is 7.91. The van der Waals surface area contributed by atoms with Crippen LogP contribution in [-0.2, 0) is 14.6 Å². The summed E-state index contributed by atoms with van der Waals surface area (Å²) in [5, 5.41) is 0.